The third-order valence-electron chi connectivity index (χ3n) is 4.33. The highest BCUT2D eigenvalue weighted by atomic mass is 16.2. The van der Waals surface area contributed by atoms with Crippen molar-refractivity contribution in [2.45, 2.75) is 45.4 Å². The molecule has 0 atom stereocenters. The van der Waals surface area contributed by atoms with Crippen molar-refractivity contribution in [3.8, 4) is 0 Å². The van der Waals surface area contributed by atoms with Crippen molar-refractivity contribution in [2.75, 3.05) is 0 Å². The monoisotopic (exact) mass is 254 g/mol. The molecule has 0 amide bonds. The molecule has 0 radical (unpaired) electrons. The van der Waals surface area contributed by atoms with E-state index in [9.17, 15) is 9.59 Å². The Labute approximate surface area is 113 Å². The number of carbonyl (C=O) groups excluding carboxylic acids is 2. The van der Waals surface area contributed by atoms with Gasteiger partial charge >= 0.3 is 0 Å². The minimum atomic E-state index is -0.553. The smallest absolute Gasteiger partial charge is 0.174 e. The van der Waals surface area contributed by atoms with Crippen LogP contribution in [0.25, 0.3) is 0 Å². The van der Waals surface area contributed by atoms with E-state index in [2.05, 4.69) is 0 Å². The molecule has 0 bridgehead atoms. The number of rotatable bonds is 1. The number of carbonyl (C=O) groups is 2. The van der Waals surface area contributed by atoms with E-state index in [-0.39, 0.29) is 11.6 Å². The molecule has 2 nitrogen and oxygen atoms in total. The van der Waals surface area contributed by atoms with Crippen LogP contribution >= 0.6 is 0 Å². The van der Waals surface area contributed by atoms with Gasteiger partial charge in [0, 0.05) is 11.1 Å². The molecule has 0 N–H and O–H groups in total. The third kappa shape index (κ3) is 1.86. The van der Waals surface area contributed by atoms with Crippen molar-refractivity contribution in [2.24, 2.45) is 0 Å². The minimum Gasteiger partial charge on any atom is -0.293 e. The highest BCUT2D eigenvalue weighted by Crippen LogP contribution is 2.40. The predicted octanol–water partition coefficient (Wildman–Crippen LogP) is 3.41. The van der Waals surface area contributed by atoms with Crippen LogP contribution in [0.4, 0.5) is 0 Å². The van der Waals surface area contributed by atoms with Gasteiger partial charge in [-0.15, -0.1) is 0 Å². The normalized spacial score (nSPS) is 20.1. The lowest BCUT2D eigenvalue weighted by Gasteiger charge is -2.12. The summed E-state index contributed by atoms with van der Waals surface area (Å²) in [6, 6.07) is 6.02. The van der Waals surface area contributed by atoms with Gasteiger partial charge in [-0.05, 0) is 50.7 Å². The Morgan fingerprint density at radius 3 is 2.11 bits per heavy atom. The highest BCUT2D eigenvalue weighted by Gasteiger charge is 2.42. The van der Waals surface area contributed by atoms with Crippen LogP contribution < -0.4 is 0 Å². The maximum absolute atomic E-state index is 12.5. The SMILES string of the molecule is Cc1ccc(C)c(C2C(=O)C3=C(CCCC3)C2=O)c1. The maximum atomic E-state index is 12.5. The molecule has 0 aromatic heterocycles. The maximum Gasteiger partial charge on any atom is 0.174 e. The number of aryl methyl sites for hydroxylation is 2. The fourth-order valence-electron chi connectivity index (χ4n) is 3.27. The molecule has 3 rings (SSSR count). The summed E-state index contributed by atoms with van der Waals surface area (Å²) >= 11 is 0. The summed E-state index contributed by atoms with van der Waals surface area (Å²) in [5, 5.41) is 0. The Morgan fingerprint density at radius 2 is 1.53 bits per heavy atom. The molecule has 2 heteroatoms. The van der Waals surface area contributed by atoms with E-state index >= 15 is 0 Å². The van der Waals surface area contributed by atoms with Gasteiger partial charge in [0.15, 0.2) is 11.6 Å². The Kier molecular flexibility index (Phi) is 2.89. The molecule has 0 heterocycles. The van der Waals surface area contributed by atoms with Crippen LogP contribution in [0.5, 0.6) is 0 Å². The van der Waals surface area contributed by atoms with Crippen molar-refractivity contribution >= 4 is 11.6 Å². The van der Waals surface area contributed by atoms with E-state index in [4.69, 9.17) is 0 Å². The van der Waals surface area contributed by atoms with Gasteiger partial charge in [0.05, 0.1) is 0 Å². The molecule has 0 fully saturated rings. The van der Waals surface area contributed by atoms with E-state index in [0.29, 0.717) is 0 Å². The summed E-state index contributed by atoms with van der Waals surface area (Å²) in [6.45, 7) is 3.98. The molecule has 0 saturated carbocycles. The largest absolute Gasteiger partial charge is 0.293 e. The van der Waals surface area contributed by atoms with Crippen LogP contribution in [0.1, 0.15) is 48.3 Å². The lowest BCUT2D eigenvalue weighted by molar-refractivity contribution is -0.123. The Hall–Kier alpha value is -1.70. The first kappa shape index (κ1) is 12.3. The van der Waals surface area contributed by atoms with E-state index < -0.39 is 5.92 Å². The fraction of sp³-hybridized carbons (Fsp3) is 0.412. The van der Waals surface area contributed by atoms with E-state index in [1.165, 1.54) is 0 Å². The fourth-order valence-corrected chi connectivity index (χ4v) is 3.27. The molecule has 1 aromatic rings. The second-order valence-corrected chi connectivity index (χ2v) is 5.69. The van der Waals surface area contributed by atoms with Crippen LogP contribution in [0.15, 0.2) is 29.3 Å². The topological polar surface area (TPSA) is 34.1 Å². The Balaban J connectivity index is 2.06. The van der Waals surface area contributed by atoms with Crippen molar-refractivity contribution in [3.63, 3.8) is 0 Å². The summed E-state index contributed by atoms with van der Waals surface area (Å²) in [7, 11) is 0. The number of hydrogen-bond acceptors (Lipinski definition) is 2. The summed E-state index contributed by atoms with van der Waals surface area (Å²) in [5.41, 5.74) is 4.69. The molecular weight excluding hydrogens is 236 g/mol. The molecule has 2 aliphatic rings. The predicted molar refractivity (Wildman–Crippen MR) is 74.2 cm³/mol. The Bertz CT molecular complexity index is 580. The van der Waals surface area contributed by atoms with Crippen LogP contribution in [0.3, 0.4) is 0 Å². The lowest BCUT2D eigenvalue weighted by Crippen LogP contribution is -2.16. The van der Waals surface area contributed by atoms with Crippen LogP contribution in [0, 0.1) is 13.8 Å². The van der Waals surface area contributed by atoms with Gasteiger partial charge in [-0.2, -0.15) is 0 Å². The molecule has 0 saturated heterocycles. The summed E-state index contributed by atoms with van der Waals surface area (Å²) in [4.78, 5) is 25.1. The average Bonchev–Trinajstić information content (AvgIpc) is 2.66. The Morgan fingerprint density at radius 1 is 0.947 bits per heavy atom. The molecule has 0 aliphatic heterocycles. The first-order valence-corrected chi connectivity index (χ1v) is 6.97. The van der Waals surface area contributed by atoms with Gasteiger partial charge in [0.25, 0.3) is 0 Å². The minimum absolute atomic E-state index is 0.0633. The molecule has 0 unspecified atom stereocenters. The number of allylic oxidation sites excluding steroid dienone is 2. The quantitative estimate of drug-likeness (QED) is 0.720. The number of Topliss-reactive ketones (excluding diaryl/α,β-unsaturated/α-hetero) is 2. The van der Waals surface area contributed by atoms with E-state index in [0.717, 1.165) is 53.5 Å². The van der Waals surface area contributed by atoms with E-state index in [1.807, 2.05) is 32.0 Å². The average molecular weight is 254 g/mol. The van der Waals surface area contributed by atoms with Crippen molar-refractivity contribution in [1.29, 1.82) is 0 Å². The number of ketones is 2. The zero-order valence-corrected chi connectivity index (χ0v) is 11.5. The summed E-state index contributed by atoms with van der Waals surface area (Å²) < 4.78 is 0. The lowest BCUT2D eigenvalue weighted by atomic mass is 9.88. The standard InChI is InChI=1S/C17H18O2/c1-10-7-8-11(2)14(9-10)15-16(18)12-5-3-4-6-13(12)17(15)19/h7-9,15H,3-6H2,1-2H3. The van der Waals surface area contributed by atoms with Crippen LogP contribution in [-0.2, 0) is 9.59 Å². The highest BCUT2D eigenvalue weighted by molar-refractivity contribution is 6.28. The van der Waals surface area contributed by atoms with Crippen molar-refractivity contribution in [3.05, 3.63) is 46.0 Å². The molecular formula is C17H18O2. The second-order valence-electron chi connectivity index (χ2n) is 5.69. The first-order valence-electron chi connectivity index (χ1n) is 6.97. The molecule has 1 aromatic carbocycles. The number of benzene rings is 1. The molecule has 0 spiro atoms. The van der Waals surface area contributed by atoms with Crippen molar-refractivity contribution < 1.29 is 9.59 Å². The second kappa shape index (κ2) is 4.44. The summed E-state index contributed by atoms with van der Waals surface area (Å²) in [6.07, 6.45) is 3.66. The van der Waals surface area contributed by atoms with Gasteiger partial charge in [-0.1, -0.05) is 23.8 Å². The van der Waals surface area contributed by atoms with Crippen LogP contribution in [-0.4, -0.2) is 11.6 Å². The zero-order valence-electron chi connectivity index (χ0n) is 11.5. The van der Waals surface area contributed by atoms with Gasteiger partial charge in [0.2, 0.25) is 0 Å². The van der Waals surface area contributed by atoms with E-state index in [1.54, 1.807) is 0 Å². The zero-order chi connectivity index (χ0) is 13.6. The third-order valence-corrected chi connectivity index (χ3v) is 4.33. The summed E-state index contributed by atoms with van der Waals surface area (Å²) in [5.74, 6) is -0.426. The van der Waals surface area contributed by atoms with Gasteiger partial charge in [-0.3, -0.25) is 9.59 Å². The van der Waals surface area contributed by atoms with Gasteiger partial charge in [0.1, 0.15) is 5.92 Å². The van der Waals surface area contributed by atoms with Crippen molar-refractivity contribution in [1.82, 2.24) is 0 Å². The molecule has 19 heavy (non-hydrogen) atoms. The number of hydrogen-bond donors (Lipinski definition) is 0. The molecule has 2 aliphatic carbocycles. The first-order chi connectivity index (χ1) is 9.09. The van der Waals surface area contributed by atoms with Gasteiger partial charge in [-0.25, -0.2) is 0 Å². The van der Waals surface area contributed by atoms with Crippen LogP contribution in [0.2, 0.25) is 0 Å². The van der Waals surface area contributed by atoms with Gasteiger partial charge < -0.3 is 0 Å². The molecule has 98 valence electrons.